The highest BCUT2D eigenvalue weighted by Crippen LogP contribution is 2.31. The van der Waals surface area contributed by atoms with Crippen molar-refractivity contribution in [2.45, 2.75) is 0 Å². The van der Waals surface area contributed by atoms with E-state index in [-0.39, 0.29) is 18.1 Å². The van der Waals surface area contributed by atoms with Gasteiger partial charge in [0, 0.05) is 17.2 Å². The maximum absolute atomic E-state index is 12.5. The molecule has 0 aromatic heterocycles. The largest absolute Gasteiger partial charge is 0.508 e. The molecular weight excluding hydrogens is 268 g/mol. The van der Waals surface area contributed by atoms with Gasteiger partial charge < -0.3 is 14.6 Å². The van der Waals surface area contributed by atoms with E-state index >= 15 is 0 Å². The zero-order chi connectivity index (χ0) is 14.8. The van der Waals surface area contributed by atoms with Crippen LogP contribution in [0.4, 0.5) is 0 Å². The van der Waals surface area contributed by atoms with Crippen molar-refractivity contribution in [3.63, 3.8) is 0 Å². The second-order valence-electron chi connectivity index (χ2n) is 4.71. The highest BCUT2D eigenvalue weighted by Gasteiger charge is 2.23. The summed E-state index contributed by atoms with van der Waals surface area (Å²) in [5.74, 6) is 1.10. The first-order valence-electron chi connectivity index (χ1n) is 6.53. The van der Waals surface area contributed by atoms with Gasteiger partial charge in [0.15, 0.2) is 5.78 Å². The Kier molecular flexibility index (Phi) is 3.36. The third kappa shape index (κ3) is 2.48. The van der Waals surface area contributed by atoms with Gasteiger partial charge >= 0.3 is 0 Å². The third-order valence-electron chi connectivity index (χ3n) is 3.35. The molecule has 21 heavy (non-hydrogen) atoms. The summed E-state index contributed by atoms with van der Waals surface area (Å²) in [6.45, 7) is 0.174. The molecule has 4 heteroatoms. The lowest BCUT2D eigenvalue weighted by molar-refractivity contribution is 0.100. The molecule has 0 atom stereocenters. The summed E-state index contributed by atoms with van der Waals surface area (Å²) in [4.78, 5) is 12.5. The predicted molar refractivity (Wildman–Crippen MR) is 78.9 cm³/mol. The Morgan fingerprint density at radius 2 is 2.05 bits per heavy atom. The summed E-state index contributed by atoms with van der Waals surface area (Å²) < 4.78 is 10.8. The van der Waals surface area contributed by atoms with E-state index in [0.717, 1.165) is 5.56 Å². The number of Topliss-reactive ketones (excluding diaryl/α,β-unsaturated/α-hetero) is 1. The number of para-hydroxylation sites is 1. The average molecular weight is 282 g/mol. The number of methoxy groups -OCH3 is 1. The monoisotopic (exact) mass is 282 g/mol. The van der Waals surface area contributed by atoms with Gasteiger partial charge in [0.1, 0.15) is 23.9 Å². The Hall–Kier alpha value is -2.75. The minimum atomic E-state index is -0.0952. The minimum Gasteiger partial charge on any atom is -0.508 e. The van der Waals surface area contributed by atoms with E-state index in [9.17, 15) is 9.90 Å². The number of fused-ring (bicyclic) bond motifs is 1. The molecule has 106 valence electrons. The topological polar surface area (TPSA) is 55.8 Å². The van der Waals surface area contributed by atoms with Gasteiger partial charge in [-0.1, -0.05) is 18.2 Å². The Balaban J connectivity index is 2.00. The zero-order valence-corrected chi connectivity index (χ0v) is 11.5. The van der Waals surface area contributed by atoms with Crippen LogP contribution in [0.2, 0.25) is 0 Å². The number of phenols is 1. The molecule has 2 aromatic carbocycles. The van der Waals surface area contributed by atoms with E-state index in [1.807, 2.05) is 24.3 Å². The van der Waals surface area contributed by atoms with Crippen LogP contribution in [0.1, 0.15) is 15.9 Å². The van der Waals surface area contributed by atoms with E-state index in [2.05, 4.69) is 0 Å². The van der Waals surface area contributed by atoms with Gasteiger partial charge in [-0.3, -0.25) is 4.79 Å². The normalized spacial score (nSPS) is 15.5. The zero-order valence-electron chi connectivity index (χ0n) is 11.5. The molecule has 0 amide bonds. The van der Waals surface area contributed by atoms with Gasteiger partial charge in [-0.05, 0) is 24.3 Å². The van der Waals surface area contributed by atoms with Crippen molar-refractivity contribution >= 4 is 11.9 Å². The van der Waals surface area contributed by atoms with Gasteiger partial charge in [0.25, 0.3) is 0 Å². The minimum absolute atomic E-state index is 0.0821. The van der Waals surface area contributed by atoms with Crippen molar-refractivity contribution in [1.29, 1.82) is 0 Å². The summed E-state index contributed by atoms with van der Waals surface area (Å²) in [7, 11) is 1.59. The Labute approximate surface area is 122 Å². The molecule has 1 N–H and O–H groups in total. The Morgan fingerprint density at radius 3 is 2.86 bits per heavy atom. The first-order valence-corrected chi connectivity index (χ1v) is 6.53. The van der Waals surface area contributed by atoms with Gasteiger partial charge in [0.2, 0.25) is 0 Å². The molecule has 0 saturated carbocycles. The number of hydrogen-bond donors (Lipinski definition) is 1. The van der Waals surface area contributed by atoms with E-state index in [1.54, 1.807) is 19.3 Å². The Morgan fingerprint density at radius 1 is 1.24 bits per heavy atom. The van der Waals surface area contributed by atoms with Crippen molar-refractivity contribution in [3.05, 3.63) is 59.2 Å². The number of phenolic OH excluding ortho intramolecular Hbond substituents is 1. The lowest BCUT2D eigenvalue weighted by atomic mass is 9.98. The van der Waals surface area contributed by atoms with Crippen LogP contribution >= 0.6 is 0 Å². The number of carbonyl (C=O) groups is 1. The lowest BCUT2D eigenvalue weighted by Gasteiger charge is -2.19. The SMILES string of the molecule is COc1ccccc1/C=C1\COc2cc(O)ccc2C1=O. The first-order chi connectivity index (χ1) is 10.2. The van der Waals surface area contributed by atoms with Crippen LogP contribution in [-0.2, 0) is 0 Å². The van der Waals surface area contributed by atoms with Crippen LogP contribution in [-0.4, -0.2) is 24.6 Å². The highest BCUT2D eigenvalue weighted by molar-refractivity contribution is 6.14. The summed E-state index contributed by atoms with van der Waals surface area (Å²) in [5.41, 5.74) is 1.84. The first kappa shape index (κ1) is 13.2. The molecule has 1 aliphatic heterocycles. The standard InChI is InChI=1S/C17H14O4/c1-20-15-5-3-2-4-11(15)8-12-10-21-16-9-13(18)6-7-14(16)17(12)19/h2-9,18H,10H2,1H3/b12-8+. The van der Waals surface area contributed by atoms with Gasteiger partial charge in [-0.2, -0.15) is 0 Å². The van der Waals surface area contributed by atoms with Crippen molar-refractivity contribution in [2.75, 3.05) is 13.7 Å². The smallest absolute Gasteiger partial charge is 0.196 e. The summed E-state index contributed by atoms with van der Waals surface area (Å²) in [6.07, 6.45) is 1.77. The van der Waals surface area contributed by atoms with Crippen LogP contribution in [0.5, 0.6) is 17.2 Å². The molecule has 0 fully saturated rings. The lowest BCUT2D eigenvalue weighted by Crippen LogP contribution is -2.18. The van der Waals surface area contributed by atoms with Crippen LogP contribution in [0.3, 0.4) is 0 Å². The number of ketones is 1. The molecular formula is C17H14O4. The molecule has 0 saturated heterocycles. The maximum Gasteiger partial charge on any atom is 0.196 e. The van der Waals surface area contributed by atoms with Crippen molar-refractivity contribution < 1.29 is 19.4 Å². The number of ether oxygens (including phenoxy) is 2. The maximum atomic E-state index is 12.5. The van der Waals surface area contributed by atoms with E-state index < -0.39 is 0 Å². The van der Waals surface area contributed by atoms with E-state index in [0.29, 0.717) is 22.6 Å². The number of hydrogen-bond acceptors (Lipinski definition) is 4. The third-order valence-corrected chi connectivity index (χ3v) is 3.35. The highest BCUT2D eigenvalue weighted by atomic mass is 16.5. The number of aromatic hydroxyl groups is 1. The quantitative estimate of drug-likeness (QED) is 0.860. The fraction of sp³-hybridized carbons (Fsp3) is 0.118. The molecule has 0 radical (unpaired) electrons. The molecule has 1 aliphatic rings. The van der Waals surface area contributed by atoms with E-state index in [4.69, 9.17) is 9.47 Å². The van der Waals surface area contributed by atoms with Crippen LogP contribution in [0.15, 0.2) is 48.0 Å². The predicted octanol–water partition coefficient (Wildman–Crippen LogP) is 3.06. The summed E-state index contributed by atoms with van der Waals surface area (Å²) in [5, 5.41) is 9.42. The average Bonchev–Trinajstić information content (AvgIpc) is 2.50. The van der Waals surface area contributed by atoms with Crippen LogP contribution in [0, 0.1) is 0 Å². The molecule has 1 heterocycles. The summed E-state index contributed by atoms with van der Waals surface area (Å²) >= 11 is 0. The molecule has 0 spiro atoms. The van der Waals surface area contributed by atoms with Crippen molar-refractivity contribution in [3.8, 4) is 17.2 Å². The number of carbonyl (C=O) groups excluding carboxylic acids is 1. The molecule has 2 aromatic rings. The van der Waals surface area contributed by atoms with Gasteiger partial charge in [-0.25, -0.2) is 0 Å². The van der Waals surface area contributed by atoms with Crippen molar-refractivity contribution in [1.82, 2.24) is 0 Å². The fourth-order valence-electron chi connectivity index (χ4n) is 2.29. The van der Waals surface area contributed by atoms with Gasteiger partial charge in [0.05, 0.1) is 12.7 Å². The van der Waals surface area contributed by atoms with Gasteiger partial charge in [-0.15, -0.1) is 0 Å². The second-order valence-corrected chi connectivity index (χ2v) is 4.71. The van der Waals surface area contributed by atoms with Crippen molar-refractivity contribution in [2.24, 2.45) is 0 Å². The molecule has 4 nitrogen and oxygen atoms in total. The summed E-state index contributed by atoms with van der Waals surface area (Å²) in [6, 6.07) is 12.0. The van der Waals surface area contributed by atoms with Crippen LogP contribution < -0.4 is 9.47 Å². The molecule has 0 bridgehead atoms. The fourth-order valence-corrected chi connectivity index (χ4v) is 2.29. The van der Waals surface area contributed by atoms with E-state index in [1.165, 1.54) is 12.1 Å². The second kappa shape index (κ2) is 5.32. The van der Waals surface area contributed by atoms with Crippen LogP contribution in [0.25, 0.3) is 6.08 Å². The number of benzene rings is 2. The molecule has 0 aliphatic carbocycles. The molecule has 3 rings (SSSR count). The Bertz CT molecular complexity index is 731. The molecule has 0 unspecified atom stereocenters. The number of rotatable bonds is 2.